The fourth-order valence-electron chi connectivity index (χ4n) is 2.22. The van der Waals surface area contributed by atoms with Crippen LogP contribution in [0.25, 0.3) is 11.3 Å². The number of aromatic amines is 1. The van der Waals surface area contributed by atoms with Gasteiger partial charge < -0.3 is 29.5 Å². The zero-order valence-electron chi connectivity index (χ0n) is 12.9. The molecule has 8 nitrogen and oxygen atoms in total. The molecule has 0 aliphatic carbocycles. The van der Waals surface area contributed by atoms with Crippen LogP contribution in [0.15, 0.2) is 47.4 Å². The molecule has 0 fully saturated rings. The molecule has 0 saturated carbocycles. The summed E-state index contributed by atoms with van der Waals surface area (Å²) in [6.07, 6.45) is 3.22. The van der Waals surface area contributed by atoms with E-state index in [4.69, 9.17) is 9.26 Å². The first-order valence-electron chi connectivity index (χ1n) is 7.21. The van der Waals surface area contributed by atoms with Crippen molar-refractivity contribution >= 4 is 11.9 Å². The van der Waals surface area contributed by atoms with Gasteiger partial charge in [-0.2, -0.15) is 0 Å². The smallest absolute Gasteiger partial charge is 0.225 e. The number of anilines is 1. The number of rotatable bonds is 7. The maximum atomic E-state index is 11.3. The Labute approximate surface area is 137 Å². The van der Waals surface area contributed by atoms with Crippen LogP contribution in [0.2, 0.25) is 0 Å². The number of benzene rings is 1. The lowest BCUT2D eigenvalue weighted by Crippen LogP contribution is -2.42. The van der Waals surface area contributed by atoms with Crippen molar-refractivity contribution in [2.75, 3.05) is 12.4 Å². The summed E-state index contributed by atoms with van der Waals surface area (Å²) in [4.78, 5) is 18.0. The fourth-order valence-corrected chi connectivity index (χ4v) is 2.22. The minimum Gasteiger partial charge on any atom is -0.548 e. The van der Waals surface area contributed by atoms with Crippen molar-refractivity contribution < 1.29 is 19.2 Å². The molecule has 0 radical (unpaired) electrons. The molecule has 0 bridgehead atoms. The zero-order chi connectivity index (χ0) is 16.9. The van der Waals surface area contributed by atoms with Crippen molar-refractivity contribution in [1.82, 2.24) is 15.1 Å². The number of carboxylic acids is 1. The second kappa shape index (κ2) is 6.86. The van der Waals surface area contributed by atoms with Crippen molar-refractivity contribution in [3.8, 4) is 17.0 Å². The van der Waals surface area contributed by atoms with Crippen LogP contribution < -0.4 is 15.2 Å². The Kier molecular flexibility index (Phi) is 4.46. The van der Waals surface area contributed by atoms with Crippen LogP contribution in [-0.4, -0.2) is 34.2 Å². The molecule has 2 heterocycles. The van der Waals surface area contributed by atoms with Crippen LogP contribution in [0.5, 0.6) is 5.75 Å². The Hall–Kier alpha value is -3.29. The number of carboxylic acid groups (broad SMARTS) is 1. The molecule has 0 spiro atoms. The molecule has 124 valence electrons. The highest BCUT2D eigenvalue weighted by atomic mass is 16.5. The number of carbonyl (C=O) groups is 1. The topological polar surface area (TPSA) is 116 Å². The number of carbonyl (C=O) groups excluding carboxylic acids is 1. The van der Waals surface area contributed by atoms with Gasteiger partial charge in [-0.15, -0.1) is 0 Å². The van der Waals surface area contributed by atoms with E-state index in [-0.39, 0.29) is 12.3 Å². The third-order valence-electron chi connectivity index (χ3n) is 3.48. The van der Waals surface area contributed by atoms with Crippen LogP contribution in [0, 0.1) is 0 Å². The van der Waals surface area contributed by atoms with Crippen LogP contribution in [0.4, 0.5) is 5.88 Å². The first kappa shape index (κ1) is 15.6. The van der Waals surface area contributed by atoms with Gasteiger partial charge in [0.25, 0.3) is 0 Å². The summed E-state index contributed by atoms with van der Waals surface area (Å²) in [7, 11) is 1.59. The number of aromatic nitrogens is 3. The van der Waals surface area contributed by atoms with Crippen molar-refractivity contribution in [3.05, 3.63) is 48.5 Å². The Balaban J connectivity index is 1.72. The van der Waals surface area contributed by atoms with E-state index in [0.717, 1.165) is 11.3 Å². The van der Waals surface area contributed by atoms with Gasteiger partial charge in [0, 0.05) is 29.9 Å². The number of hydrogen-bond donors (Lipinski definition) is 2. The van der Waals surface area contributed by atoms with Crippen LogP contribution in [-0.2, 0) is 11.2 Å². The average Bonchev–Trinajstić information content (AvgIpc) is 3.26. The summed E-state index contributed by atoms with van der Waals surface area (Å²) in [5.41, 5.74) is 2.08. The normalized spacial score (nSPS) is 11.9. The van der Waals surface area contributed by atoms with Gasteiger partial charge in [0.1, 0.15) is 11.4 Å². The lowest BCUT2D eigenvalue weighted by Gasteiger charge is -2.17. The molecule has 2 N–H and O–H groups in total. The van der Waals surface area contributed by atoms with E-state index in [2.05, 4.69) is 20.4 Å². The predicted octanol–water partition coefficient (Wildman–Crippen LogP) is 0.846. The maximum absolute atomic E-state index is 11.3. The second-order valence-electron chi connectivity index (χ2n) is 5.10. The molecule has 0 amide bonds. The average molecular weight is 327 g/mol. The molecule has 0 aliphatic rings. The van der Waals surface area contributed by atoms with Gasteiger partial charge in [-0.25, -0.2) is 4.98 Å². The molecule has 24 heavy (non-hydrogen) atoms. The lowest BCUT2D eigenvalue weighted by atomic mass is 10.1. The number of imidazole rings is 1. The van der Waals surface area contributed by atoms with Crippen molar-refractivity contribution in [3.63, 3.8) is 0 Å². The summed E-state index contributed by atoms with van der Waals surface area (Å²) >= 11 is 0. The molecule has 0 unspecified atom stereocenters. The number of nitrogens with zero attached hydrogens (tertiary/aromatic N) is 2. The summed E-state index contributed by atoms with van der Waals surface area (Å²) in [5.74, 6) is -0.265. The zero-order valence-corrected chi connectivity index (χ0v) is 12.9. The second-order valence-corrected chi connectivity index (χ2v) is 5.10. The third kappa shape index (κ3) is 3.54. The standard InChI is InChI=1S/C16H16N4O4/c1-23-12-4-2-10(3-5-12)13-7-15(24-20-13)19-14(16(21)22)6-11-8-17-9-18-11/h2-5,7-9,14,19H,6H2,1H3,(H,17,18)(H,21,22)/p-1/t14-/m0/s1. The van der Waals surface area contributed by atoms with Crippen LogP contribution >= 0.6 is 0 Å². The highest BCUT2D eigenvalue weighted by molar-refractivity contribution is 5.75. The molecule has 8 heteroatoms. The highest BCUT2D eigenvalue weighted by Gasteiger charge is 2.15. The molecule has 1 aromatic carbocycles. The van der Waals surface area contributed by atoms with Crippen molar-refractivity contribution in [2.24, 2.45) is 0 Å². The molecule has 0 aliphatic heterocycles. The van der Waals surface area contributed by atoms with E-state index in [1.807, 2.05) is 12.1 Å². The quantitative estimate of drug-likeness (QED) is 0.660. The summed E-state index contributed by atoms with van der Waals surface area (Å²) in [5, 5.41) is 18.0. The molecule has 1 atom stereocenters. The largest absolute Gasteiger partial charge is 0.548 e. The van der Waals surface area contributed by atoms with Crippen LogP contribution in [0.1, 0.15) is 5.69 Å². The molecule has 0 saturated heterocycles. The van der Waals surface area contributed by atoms with Gasteiger partial charge in [-0.05, 0) is 24.3 Å². The number of nitrogens with one attached hydrogen (secondary N) is 2. The molecule has 2 aromatic heterocycles. The number of ether oxygens (including phenoxy) is 1. The predicted molar refractivity (Wildman–Crippen MR) is 83.2 cm³/mol. The van der Waals surface area contributed by atoms with E-state index in [1.54, 1.807) is 31.5 Å². The summed E-state index contributed by atoms with van der Waals surface area (Å²) in [6.45, 7) is 0. The number of aliphatic carboxylic acids is 1. The van der Waals surface area contributed by atoms with E-state index < -0.39 is 12.0 Å². The monoisotopic (exact) mass is 327 g/mol. The SMILES string of the molecule is COc1ccc(-c2cc(N[C@@H](Cc3cnc[nH]3)C(=O)[O-])on2)cc1. The number of hydrogen-bond acceptors (Lipinski definition) is 7. The third-order valence-corrected chi connectivity index (χ3v) is 3.48. The Morgan fingerprint density at radius 1 is 1.42 bits per heavy atom. The molecule has 3 rings (SSSR count). The van der Waals surface area contributed by atoms with E-state index >= 15 is 0 Å². The van der Waals surface area contributed by atoms with Gasteiger partial charge in [0.05, 0.1) is 25.4 Å². The van der Waals surface area contributed by atoms with Gasteiger partial charge in [-0.1, -0.05) is 5.16 Å². The number of methoxy groups -OCH3 is 1. The Bertz CT molecular complexity index is 796. The molecular weight excluding hydrogens is 312 g/mol. The number of H-pyrrole nitrogens is 1. The van der Waals surface area contributed by atoms with E-state index in [1.165, 1.54) is 6.33 Å². The summed E-state index contributed by atoms with van der Waals surface area (Å²) < 4.78 is 10.3. The summed E-state index contributed by atoms with van der Waals surface area (Å²) in [6, 6.07) is 7.94. The Morgan fingerprint density at radius 2 is 2.21 bits per heavy atom. The first-order valence-corrected chi connectivity index (χ1v) is 7.21. The van der Waals surface area contributed by atoms with Gasteiger partial charge >= 0.3 is 0 Å². The first-order chi connectivity index (χ1) is 11.7. The van der Waals surface area contributed by atoms with Gasteiger partial charge in [-0.3, -0.25) is 0 Å². The minimum atomic E-state index is -1.24. The fraction of sp³-hybridized carbons (Fsp3) is 0.188. The van der Waals surface area contributed by atoms with E-state index in [0.29, 0.717) is 11.4 Å². The van der Waals surface area contributed by atoms with Gasteiger partial charge in [0.2, 0.25) is 5.88 Å². The maximum Gasteiger partial charge on any atom is 0.225 e. The Morgan fingerprint density at radius 3 is 2.83 bits per heavy atom. The van der Waals surface area contributed by atoms with E-state index in [9.17, 15) is 9.90 Å². The highest BCUT2D eigenvalue weighted by Crippen LogP contribution is 2.24. The molecule has 3 aromatic rings. The van der Waals surface area contributed by atoms with Crippen molar-refractivity contribution in [2.45, 2.75) is 12.5 Å². The minimum absolute atomic E-state index is 0.181. The van der Waals surface area contributed by atoms with Crippen LogP contribution in [0.3, 0.4) is 0 Å². The molecular formula is C16H15N4O4-. The lowest BCUT2D eigenvalue weighted by molar-refractivity contribution is -0.306. The van der Waals surface area contributed by atoms with Gasteiger partial charge in [0.15, 0.2) is 0 Å². The van der Waals surface area contributed by atoms with Crippen molar-refractivity contribution in [1.29, 1.82) is 0 Å².